The van der Waals surface area contributed by atoms with Gasteiger partial charge >= 0.3 is 5.97 Å². The van der Waals surface area contributed by atoms with E-state index in [1.54, 1.807) is 31.2 Å². The van der Waals surface area contributed by atoms with Crippen LogP contribution in [0.5, 0.6) is 0 Å². The van der Waals surface area contributed by atoms with Gasteiger partial charge in [-0.1, -0.05) is 29.8 Å². The average Bonchev–Trinajstić information content (AvgIpc) is 2.67. The summed E-state index contributed by atoms with van der Waals surface area (Å²) in [5, 5.41) is 2.72. The highest BCUT2D eigenvalue weighted by Gasteiger charge is 2.25. The molecule has 148 valence electrons. The first-order valence-electron chi connectivity index (χ1n) is 9.01. The zero-order valence-corrected chi connectivity index (χ0v) is 16.6. The molecule has 28 heavy (non-hydrogen) atoms. The molecule has 7 heteroatoms. The van der Waals surface area contributed by atoms with Crippen molar-refractivity contribution in [3.63, 3.8) is 0 Å². The van der Waals surface area contributed by atoms with Gasteiger partial charge in [0.15, 0.2) is 5.78 Å². The molecular formula is C21H25N3O4. The number of benzene rings is 1. The highest BCUT2D eigenvalue weighted by atomic mass is 16.5. The first-order valence-corrected chi connectivity index (χ1v) is 9.01. The Hall–Kier alpha value is -3.22. The molecule has 1 unspecified atom stereocenters. The predicted molar refractivity (Wildman–Crippen MR) is 106 cm³/mol. The molecular weight excluding hydrogens is 358 g/mol. The number of carbonyl (C=O) groups excluding carboxylic acids is 3. The van der Waals surface area contributed by atoms with Crippen LogP contribution in [0.2, 0.25) is 0 Å². The Bertz CT molecular complexity index is 830. The Balaban J connectivity index is 2.22. The summed E-state index contributed by atoms with van der Waals surface area (Å²) in [6.07, 6.45) is 1.04. The molecule has 1 amide bonds. The molecule has 0 aliphatic carbocycles. The van der Waals surface area contributed by atoms with E-state index in [2.05, 4.69) is 10.3 Å². The van der Waals surface area contributed by atoms with Crippen molar-refractivity contribution in [2.45, 2.75) is 26.3 Å². The maximum atomic E-state index is 12.7. The number of pyridine rings is 1. The first kappa shape index (κ1) is 21.1. The molecule has 0 bridgehead atoms. The molecule has 0 radical (unpaired) electrons. The van der Waals surface area contributed by atoms with Crippen LogP contribution >= 0.6 is 0 Å². The SMILES string of the molecule is CCOC(=O)CC(=O)C(NC(=O)c1ccc(N(C)C)nc1)c1ccc(C)cc1. The summed E-state index contributed by atoms with van der Waals surface area (Å²) < 4.78 is 4.86. The molecule has 1 heterocycles. The van der Waals surface area contributed by atoms with Gasteiger partial charge in [-0.2, -0.15) is 0 Å². The Kier molecular flexibility index (Phi) is 7.26. The Morgan fingerprint density at radius 2 is 1.79 bits per heavy atom. The molecule has 1 aromatic heterocycles. The molecule has 1 atom stereocenters. The summed E-state index contributed by atoms with van der Waals surface area (Å²) in [5.41, 5.74) is 1.95. The standard InChI is InChI=1S/C21H25N3O4/c1-5-28-19(26)12-17(25)20(15-8-6-14(2)7-9-15)23-21(27)16-10-11-18(22-13-16)24(3)4/h6-11,13,20H,5,12H2,1-4H3,(H,23,27). The smallest absolute Gasteiger partial charge is 0.313 e. The van der Waals surface area contributed by atoms with E-state index in [4.69, 9.17) is 4.74 Å². The lowest BCUT2D eigenvalue weighted by Gasteiger charge is -2.18. The number of anilines is 1. The third kappa shape index (κ3) is 5.64. The monoisotopic (exact) mass is 383 g/mol. The summed E-state index contributed by atoms with van der Waals surface area (Å²) in [6.45, 7) is 3.79. The number of hydrogen-bond donors (Lipinski definition) is 1. The fraction of sp³-hybridized carbons (Fsp3) is 0.333. The molecule has 0 saturated carbocycles. The van der Waals surface area contributed by atoms with Gasteiger partial charge in [-0.15, -0.1) is 0 Å². The van der Waals surface area contributed by atoms with Crippen molar-refractivity contribution in [1.82, 2.24) is 10.3 Å². The van der Waals surface area contributed by atoms with E-state index in [1.165, 1.54) is 6.20 Å². The van der Waals surface area contributed by atoms with Gasteiger partial charge in [-0.3, -0.25) is 14.4 Å². The first-order chi connectivity index (χ1) is 13.3. The van der Waals surface area contributed by atoms with E-state index in [-0.39, 0.29) is 6.61 Å². The molecule has 1 N–H and O–H groups in total. The van der Waals surface area contributed by atoms with Crippen LogP contribution in [0.4, 0.5) is 5.82 Å². The average molecular weight is 383 g/mol. The normalized spacial score (nSPS) is 11.4. The second-order valence-corrected chi connectivity index (χ2v) is 6.56. The van der Waals surface area contributed by atoms with E-state index >= 15 is 0 Å². The predicted octanol–water partition coefficient (Wildman–Crippen LogP) is 2.45. The summed E-state index contributed by atoms with van der Waals surface area (Å²) in [5.74, 6) is -0.782. The number of Topliss-reactive ketones (excluding diaryl/α,β-unsaturated/α-hetero) is 1. The zero-order valence-electron chi connectivity index (χ0n) is 16.6. The number of ether oxygens (including phenoxy) is 1. The van der Waals surface area contributed by atoms with E-state index in [1.807, 2.05) is 38.1 Å². The molecule has 0 fully saturated rings. The molecule has 0 saturated heterocycles. The third-order valence-corrected chi connectivity index (χ3v) is 4.10. The number of nitrogens with one attached hydrogen (secondary N) is 1. The summed E-state index contributed by atoms with van der Waals surface area (Å²) in [7, 11) is 3.70. The van der Waals surface area contributed by atoms with Crippen LogP contribution in [0, 0.1) is 6.92 Å². The maximum absolute atomic E-state index is 12.7. The van der Waals surface area contributed by atoms with Crippen LogP contribution in [0.3, 0.4) is 0 Å². The molecule has 0 aliphatic rings. The third-order valence-electron chi connectivity index (χ3n) is 4.10. The molecule has 2 aromatic rings. The van der Waals surface area contributed by atoms with Gasteiger partial charge in [0.2, 0.25) is 0 Å². The van der Waals surface area contributed by atoms with Crippen LogP contribution in [0.25, 0.3) is 0 Å². The lowest BCUT2D eigenvalue weighted by Crippen LogP contribution is -2.35. The quantitative estimate of drug-likeness (QED) is 0.556. The number of esters is 1. The number of nitrogens with zero attached hydrogens (tertiary/aromatic N) is 2. The van der Waals surface area contributed by atoms with Crippen molar-refractivity contribution in [3.05, 3.63) is 59.3 Å². The van der Waals surface area contributed by atoms with Gasteiger partial charge in [-0.25, -0.2) is 4.98 Å². The van der Waals surface area contributed by atoms with Crippen LogP contribution < -0.4 is 10.2 Å². The second-order valence-electron chi connectivity index (χ2n) is 6.56. The number of carbonyl (C=O) groups is 3. The minimum Gasteiger partial charge on any atom is -0.466 e. The Morgan fingerprint density at radius 3 is 2.32 bits per heavy atom. The number of rotatable bonds is 8. The fourth-order valence-electron chi connectivity index (χ4n) is 2.56. The molecule has 0 aliphatic heterocycles. The molecule has 2 rings (SSSR count). The number of aromatic nitrogens is 1. The maximum Gasteiger partial charge on any atom is 0.313 e. The minimum absolute atomic E-state index is 0.192. The van der Waals surface area contributed by atoms with Crippen molar-refractivity contribution in [3.8, 4) is 0 Å². The second kappa shape index (κ2) is 9.64. The van der Waals surface area contributed by atoms with Crippen molar-refractivity contribution in [2.75, 3.05) is 25.6 Å². The van der Waals surface area contributed by atoms with Crippen LogP contribution in [-0.2, 0) is 14.3 Å². The van der Waals surface area contributed by atoms with Crippen molar-refractivity contribution in [2.24, 2.45) is 0 Å². The van der Waals surface area contributed by atoms with E-state index in [0.29, 0.717) is 16.9 Å². The van der Waals surface area contributed by atoms with E-state index in [9.17, 15) is 14.4 Å². The highest BCUT2D eigenvalue weighted by Crippen LogP contribution is 2.18. The number of aryl methyl sites for hydroxylation is 1. The summed E-state index contributed by atoms with van der Waals surface area (Å²) in [4.78, 5) is 43.1. The van der Waals surface area contributed by atoms with Gasteiger partial charge in [0.1, 0.15) is 18.3 Å². The lowest BCUT2D eigenvalue weighted by atomic mass is 9.99. The topological polar surface area (TPSA) is 88.6 Å². The lowest BCUT2D eigenvalue weighted by molar-refractivity contribution is -0.145. The molecule has 7 nitrogen and oxygen atoms in total. The zero-order chi connectivity index (χ0) is 20.7. The number of ketones is 1. The largest absolute Gasteiger partial charge is 0.466 e. The number of hydrogen-bond acceptors (Lipinski definition) is 6. The van der Waals surface area contributed by atoms with Crippen LogP contribution in [0.15, 0.2) is 42.6 Å². The van der Waals surface area contributed by atoms with Gasteiger partial charge in [0.05, 0.1) is 12.2 Å². The summed E-state index contributed by atoms with van der Waals surface area (Å²) in [6, 6.07) is 9.62. The van der Waals surface area contributed by atoms with Gasteiger partial charge in [0.25, 0.3) is 5.91 Å². The Labute approximate surface area is 164 Å². The molecule has 0 spiro atoms. The Morgan fingerprint density at radius 1 is 1.11 bits per heavy atom. The van der Waals surface area contributed by atoms with Crippen LogP contribution in [0.1, 0.15) is 40.9 Å². The van der Waals surface area contributed by atoms with Gasteiger partial charge < -0.3 is 15.0 Å². The summed E-state index contributed by atoms with van der Waals surface area (Å²) >= 11 is 0. The number of amides is 1. The van der Waals surface area contributed by atoms with E-state index < -0.39 is 30.1 Å². The van der Waals surface area contributed by atoms with Crippen LogP contribution in [-0.4, -0.2) is 43.3 Å². The van der Waals surface area contributed by atoms with Gasteiger partial charge in [0, 0.05) is 20.3 Å². The fourth-order valence-corrected chi connectivity index (χ4v) is 2.56. The van der Waals surface area contributed by atoms with Crippen molar-refractivity contribution >= 4 is 23.5 Å². The minimum atomic E-state index is -0.953. The van der Waals surface area contributed by atoms with Crippen molar-refractivity contribution in [1.29, 1.82) is 0 Å². The van der Waals surface area contributed by atoms with Gasteiger partial charge in [-0.05, 0) is 31.5 Å². The van der Waals surface area contributed by atoms with Crippen molar-refractivity contribution < 1.29 is 19.1 Å². The molecule has 1 aromatic carbocycles. The highest BCUT2D eigenvalue weighted by molar-refractivity contribution is 6.03. The van der Waals surface area contributed by atoms with E-state index in [0.717, 1.165) is 5.56 Å².